The fraction of sp³-hybridized carbons (Fsp3) is 1.00. The molecule has 0 unspecified atom stereocenters. The van der Waals surface area contributed by atoms with Crippen molar-refractivity contribution >= 4 is 0 Å². The molecule has 29 heavy (non-hydrogen) atoms. The monoisotopic (exact) mass is 409 g/mol. The van der Waals surface area contributed by atoms with Gasteiger partial charge >= 0.3 is 0 Å². The Morgan fingerprint density at radius 3 is 1.24 bits per heavy atom. The van der Waals surface area contributed by atoms with Crippen LogP contribution in [0.15, 0.2) is 0 Å². The van der Waals surface area contributed by atoms with Crippen LogP contribution in [0.25, 0.3) is 0 Å². The first-order valence-corrected chi connectivity index (χ1v) is 13.7. The molecule has 0 bridgehead atoms. The Kier molecular flexibility index (Phi) is 18.5. The fourth-order valence-corrected chi connectivity index (χ4v) is 4.84. The van der Waals surface area contributed by atoms with E-state index >= 15 is 0 Å². The quantitative estimate of drug-likeness (QED) is 0.120. The van der Waals surface area contributed by atoms with Gasteiger partial charge in [-0.05, 0) is 38.6 Å². The van der Waals surface area contributed by atoms with Gasteiger partial charge in [0, 0.05) is 0 Å². The summed E-state index contributed by atoms with van der Waals surface area (Å²) in [7, 11) is 0. The molecule has 0 aliphatic heterocycles. The Morgan fingerprint density at radius 2 is 0.862 bits per heavy atom. The summed E-state index contributed by atoms with van der Waals surface area (Å²) in [6, 6.07) is 0. The summed E-state index contributed by atoms with van der Waals surface area (Å²) in [6.45, 7) is 3.29. The Bertz CT molecular complexity index is 322. The lowest BCUT2D eigenvalue weighted by Crippen LogP contribution is -2.45. The maximum Gasteiger partial charge on any atom is 0.116 e. The number of unbranched alkanes of at least 4 members (excludes halogenated alkanes) is 17. The Morgan fingerprint density at radius 1 is 0.517 bits per heavy atom. The topological polar surface area (TPSA) is 32.3 Å². The van der Waals surface area contributed by atoms with Crippen LogP contribution in [-0.2, 0) is 0 Å². The Balaban J connectivity index is 1.72. The highest BCUT2D eigenvalue weighted by molar-refractivity contribution is 4.78. The zero-order valence-electron chi connectivity index (χ0n) is 20.1. The van der Waals surface area contributed by atoms with E-state index in [1.165, 1.54) is 141 Å². The molecule has 2 heteroatoms. The normalized spacial score (nSPS) is 16.8. The molecule has 1 rings (SSSR count). The fourth-order valence-electron chi connectivity index (χ4n) is 4.84. The van der Waals surface area contributed by atoms with Crippen LogP contribution in [-0.4, -0.2) is 17.4 Å². The molecule has 1 saturated carbocycles. The molecule has 0 aromatic carbocycles. The number of rotatable bonds is 20. The van der Waals surface area contributed by atoms with Gasteiger partial charge in [0.25, 0.3) is 0 Å². The summed E-state index contributed by atoms with van der Waals surface area (Å²) in [5, 5.41) is 14.0. The minimum atomic E-state index is -0.550. The van der Waals surface area contributed by atoms with Crippen LogP contribution in [0.4, 0.5) is 0 Å². The van der Waals surface area contributed by atoms with Crippen LogP contribution < -0.4 is 5.32 Å². The van der Waals surface area contributed by atoms with E-state index in [4.69, 9.17) is 0 Å². The lowest BCUT2D eigenvalue weighted by atomic mass is 10.0. The van der Waals surface area contributed by atoms with Crippen LogP contribution in [0.5, 0.6) is 0 Å². The van der Waals surface area contributed by atoms with Crippen molar-refractivity contribution in [2.24, 2.45) is 0 Å². The third kappa shape index (κ3) is 17.3. The minimum Gasteiger partial charge on any atom is -0.376 e. The number of hydrogen-bond acceptors (Lipinski definition) is 2. The van der Waals surface area contributed by atoms with Gasteiger partial charge in [-0.2, -0.15) is 0 Å². The summed E-state index contributed by atoms with van der Waals surface area (Å²) >= 11 is 0. The second-order valence-electron chi connectivity index (χ2n) is 9.88. The molecule has 174 valence electrons. The zero-order chi connectivity index (χ0) is 20.9. The molecular weight excluding hydrogens is 354 g/mol. The van der Waals surface area contributed by atoms with E-state index in [0.717, 1.165) is 19.4 Å². The Labute approximate surface area is 184 Å². The van der Waals surface area contributed by atoms with Crippen LogP contribution >= 0.6 is 0 Å². The van der Waals surface area contributed by atoms with Crippen molar-refractivity contribution in [2.75, 3.05) is 6.54 Å². The van der Waals surface area contributed by atoms with Crippen molar-refractivity contribution in [3.63, 3.8) is 0 Å². The van der Waals surface area contributed by atoms with E-state index in [1.807, 2.05) is 0 Å². The van der Waals surface area contributed by atoms with Gasteiger partial charge in [-0.1, -0.05) is 129 Å². The third-order valence-electron chi connectivity index (χ3n) is 6.92. The highest BCUT2D eigenvalue weighted by Gasteiger charge is 2.26. The summed E-state index contributed by atoms with van der Waals surface area (Å²) in [6.07, 6.45) is 32.5. The van der Waals surface area contributed by atoms with Gasteiger partial charge in [0.2, 0.25) is 0 Å². The van der Waals surface area contributed by atoms with Crippen LogP contribution in [0.1, 0.15) is 161 Å². The Hall–Kier alpha value is -0.0800. The molecule has 1 aliphatic carbocycles. The van der Waals surface area contributed by atoms with Gasteiger partial charge in [-0.15, -0.1) is 0 Å². The molecule has 0 radical (unpaired) electrons. The van der Waals surface area contributed by atoms with E-state index in [0.29, 0.717) is 0 Å². The SMILES string of the molecule is CCCCCCCCCCCCCCCCCCCCNC1(O)CCCCCC1. The molecule has 0 heterocycles. The first-order valence-electron chi connectivity index (χ1n) is 13.7. The first-order chi connectivity index (χ1) is 14.3. The molecule has 0 spiro atoms. The number of hydrogen-bond donors (Lipinski definition) is 2. The molecule has 2 N–H and O–H groups in total. The maximum atomic E-state index is 10.6. The molecule has 0 atom stereocenters. The molecule has 0 saturated heterocycles. The van der Waals surface area contributed by atoms with Gasteiger partial charge in [0.1, 0.15) is 5.72 Å². The highest BCUT2D eigenvalue weighted by Crippen LogP contribution is 2.24. The van der Waals surface area contributed by atoms with E-state index in [1.54, 1.807) is 0 Å². The summed E-state index contributed by atoms with van der Waals surface area (Å²) in [5.41, 5.74) is -0.550. The van der Waals surface area contributed by atoms with Crippen molar-refractivity contribution in [1.82, 2.24) is 5.32 Å². The zero-order valence-corrected chi connectivity index (χ0v) is 20.1. The van der Waals surface area contributed by atoms with Gasteiger partial charge in [0.15, 0.2) is 0 Å². The molecule has 2 nitrogen and oxygen atoms in total. The van der Waals surface area contributed by atoms with Crippen LogP contribution in [0.3, 0.4) is 0 Å². The summed E-state index contributed by atoms with van der Waals surface area (Å²) in [5.74, 6) is 0. The van der Waals surface area contributed by atoms with Crippen molar-refractivity contribution < 1.29 is 5.11 Å². The van der Waals surface area contributed by atoms with Crippen LogP contribution in [0.2, 0.25) is 0 Å². The second kappa shape index (κ2) is 19.9. The molecule has 0 aromatic heterocycles. The largest absolute Gasteiger partial charge is 0.376 e. The van der Waals surface area contributed by atoms with Gasteiger partial charge in [0.05, 0.1) is 0 Å². The van der Waals surface area contributed by atoms with Gasteiger partial charge in [-0.3, -0.25) is 5.32 Å². The standard InChI is InChI=1S/C27H55NO/c1-2-3-4-5-6-7-8-9-10-11-12-13-14-15-16-17-20-23-26-28-27(29)24-21-18-19-22-25-27/h28-29H,2-26H2,1H3. The lowest BCUT2D eigenvalue weighted by Gasteiger charge is -2.28. The predicted molar refractivity (Wildman–Crippen MR) is 129 cm³/mol. The molecular formula is C27H55NO. The van der Waals surface area contributed by atoms with Gasteiger partial charge < -0.3 is 5.11 Å². The molecule has 0 amide bonds. The summed E-state index contributed by atoms with van der Waals surface area (Å²) in [4.78, 5) is 0. The third-order valence-corrected chi connectivity index (χ3v) is 6.92. The number of aliphatic hydroxyl groups is 1. The van der Waals surface area contributed by atoms with Crippen molar-refractivity contribution in [2.45, 2.75) is 167 Å². The van der Waals surface area contributed by atoms with Crippen molar-refractivity contribution in [3.8, 4) is 0 Å². The van der Waals surface area contributed by atoms with Crippen molar-refractivity contribution in [3.05, 3.63) is 0 Å². The lowest BCUT2D eigenvalue weighted by molar-refractivity contribution is -0.00906. The number of nitrogens with one attached hydrogen (secondary N) is 1. The van der Waals surface area contributed by atoms with E-state index in [-0.39, 0.29) is 0 Å². The predicted octanol–water partition coefficient (Wildman–Crippen LogP) is 8.66. The highest BCUT2D eigenvalue weighted by atomic mass is 16.3. The van der Waals surface area contributed by atoms with Crippen molar-refractivity contribution in [1.29, 1.82) is 0 Å². The second-order valence-corrected chi connectivity index (χ2v) is 9.88. The average molecular weight is 410 g/mol. The average Bonchev–Trinajstić information content (AvgIpc) is 2.94. The summed E-state index contributed by atoms with van der Waals surface area (Å²) < 4.78 is 0. The molecule has 0 aromatic rings. The molecule has 1 fully saturated rings. The van der Waals surface area contributed by atoms with E-state index < -0.39 is 5.72 Å². The first kappa shape index (κ1) is 27.0. The van der Waals surface area contributed by atoms with E-state index in [2.05, 4.69) is 12.2 Å². The smallest absolute Gasteiger partial charge is 0.116 e. The molecule has 1 aliphatic rings. The minimum absolute atomic E-state index is 0.550. The van der Waals surface area contributed by atoms with Gasteiger partial charge in [-0.25, -0.2) is 0 Å². The maximum absolute atomic E-state index is 10.6. The van der Waals surface area contributed by atoms with Crippen LogP contribution in [0, 0.1) is 0 Å². The van der Waals surface area contributed by atoms with E-state index in [9.17, 15) is 5.11 Å².